The van der Waals surface area contributed by atoms with Crippen molar-refractivity contribution in [1.29, 1.82) is 0 Å². The average molecular weight is 305 g/mol. The zero-order chi connectivity index (χ0) is 14.6. The smallest absolute Gasteiger partial charge is 0.260 e. The molecule has 1 rings (SSSR count). The van der Waals surface area contributed by atoms with E-state index in [0.29, 0.717) is 5.82 Å². The Bertz CT molecular complexity index is 497. The lowest BCUT2D eigenvalue weighted by Gasteiger charge is -2.23. The molecule has 7 heteroatoms. The highest BCUT2D eigenvalue weighted by molar-refractivity contribution is 7.98. The van der Waals surface area contributed by atoms with E-state index < -0.39 is 10.0 Å². The number of aromatic amines is 1. The van der Waals surface area contributed by atoms with Crippen molar-refractivity contribution in [1.82, 2.24) is 14.3 Å². The number of imidazole rings is 1. The summed E-state index contributed by atoms with van der Waals surface area (Å²) in [6, 6.07) is -0.0248. The number of aromatic nitrogens is 2. The molecule has 110 valence electrons. The molecule has 0 bridgehead atoms. The standard InChI is InChI=1S/C12H23N3O2S2/c1-9(2)12-13-8-11(14-12)19(16,17)15(4)10(3)6-7-18-5/h8-10H,6-7H2,1-5H3,(H,13,14)/t10-/m0/s1. The third-order valence-corrected chi connectivity index (χ3v) is 5.66. The van der Waals surface area contributed by atoms with Gasteiger partial charge in [-0.25, -0.2) is 13.4 Å². The Morgan fingerprint density at radius 3 is 2.53 bits per heavy atom. The van der Waals surface area contributed by atoms with Crippen LogP contribution in [-0.4, -0.2) is 47.8 Å². The highest BCUT2D eigenvalue weighted by atomic mass is 32.2. The van der Waals surface area contributed by atoms with E-state index in [4.69, 9.17) is 0 Å². The minimum absolute atomic E-state index is 0.0248. The van der Waals surface area contributed by atoms with Gasteiger partial charge < -0.3 is 4.98 Å². The molecule has 1 heterocycles. The number of H-pyrrole nitrogens is 1. The normalized spacial score (nSPS) is 14.3. The first kappa shape index (κ1) is 16.5. The summed E-state index contributed by atoms with van der Waals surface area (Å²) in [5.41, 5.74) is 0. The molecule has 0 saturated carbocycles. The fourth-order valence-corrected chi connectivity index (χ4v) is 3.49. The van der Waals surface area contributed by atoms with Crippen LogP contribution in [0.3, 0.4) is 0 Å². The van der Waals surface area contributed by atoms with Crippen LogP contribution >= 0.6 is 11.8 Å². The van der Waals surface area contributed by atoms with E-state index in [1.54, 1.807) is 18.8 Å². The molecule has 0 unspecified atom stereocenters. The minimum atomic E-state index is -3.48. The van der Waals surface area contributed by atoms with Crippen LogP contribution in [0, 0.1) is 0 Å². The third kappa shape index (κ3) is 3.97. The SMILES string of the molecule is CSCC[C@H](C)N(C)S(=O)(=O)c1cnc(C(C)C)[nH]1. The minimum Gasteiger partial charge on any atom is -0.332 e. The molecule has 0 aliphatic carbocycles. The van der Waals surface area contributed by atoms with Crippen LogP contribution in [0.2, 0.25) is 0 Å². The van der Waals surface area contributed by atoms with Crippen LogP contribution < -0.4 is 0 Å². The predicted octanol–water partition coefficient (Wildman–Crippen LogP) is 2.30. The fraction of sp³-hybridized carbons (Fsp3) is 0.750. The van der Waals surface area contributed by atoms with Gasteiger partial charge in [0.25, 0.3) is 10.0 Å². The van der Waals surface area contributed by atoms with Gasteiger partial charge in [-0.05, 0) is 25.4 Å². The molecule has 19 heavy (non-hydrogen) atoms. The van der Waals surface area contributed by atoms with Gasteiger partial charge in [0.05, 0.1) is 6.20 Å². The molecular weight excluding hydrogens is 282 g/mol. The van der Waals surface area contributed by atoms with Crippen LogP contribution in [0.1, 0.15) is 38.9 Å². The average Bonchev–Trinajstić information content (AvgIpc) is 2.85. The molecule has 0 radical (unpaired) electrons. The number of sulfonamides is 1. The van der Waals surface area contributed by atoms with Gasteiger partial charge in [-0.3, -0.25) is 0 Å². The molecular formula is C12H23N3O2S2. The van der Waals surface area contributed by atoms with Gasteiger partial charge >= 0.3 is 0 Å². The van der Waals surface area contributed by atoms with Crippen molar-refractivity contribution in [3.63, 3.8) is 0 Å². The Hall–Kier alpha value is -0.530. The maximum atomic E-state index is 12.4. The molecule has 0 fully saturated rings. The monoisotopic (exact) mass is 305 g/mol. The quantitative estimate of drug-likeness (QED) is 0.839. The number of rotatable bonds is 7. The molecule has 0 aromatic carbocycles. The molecule has 5 nitrogen and oxygen atoms in total. The van der Waals surface area contributed by atoms with Crippen molar-refractivity contribution in [2.45, 2.75) is 44.2 Å². The first-order valence-corrected chi connectivity index (χ1v) is 9.16. The second kappa shape index (κ2) is 6.76. The van der Waals surface area contributed by atoms with E-state index in [0.717, 1.165) is 12.2 Å². The number of hydrogen-bond acceptors (Lipinski definition) is 4. The van der Waals surface area contributed by atoms with Crippen molar-refractivity contribution in [2.24, 2.45) is 0 Å². The van der Waals surface area contributed by atoms with E-state index in [1.807, 2.05) is 27.0 Å². The largest absolute Gasteiger partial charge is 0.332 e. The van der Waals surface area contributed by atoms with Crippen LogP contribution in [0.4, 0.5) is 0 Å². The van der Waals surface area contributed by atoms with Gasteiger partial charge in [-0.1, -0.05) is 13.8 Å². The maximum Gasteiger partial charge on any atom is 0.260 e. The summed E-state index contributed by atoms with van der Waals surface area (Å²) < 4.78 is 26.3. The summed E-state index contributed by atoms with van der Waals surface area (Å²) in [5.74, 6) is 1.83. The molecule has 0 amide bonds. The summed E-state index contributed by atoms with van der Waals surface area (Å²) in [7, 11) is -1.85. The summed E-state index contributed by atoms with van der Waals surface area (Å²) in [6.07, 6.45) is 4.26. The van der Waals surface area contributed by atoms with Crippen molar-refractivity contribution < 1.29 is 8.42 Å². The lowest BCUT2D eigenvalue weighted by molar-refractivity contribution is 0.381. The Kier molecular flexibility index (Phi) is 5.88. The van der Waals surface area contributed by atoms with Gasteiger partial charge in [0.15, 0.2) is 5.03 Å². The molecule has 0 aliphatic rings. The Labute approximate surface area is 120 Å². The number of nitrogens with one attached hydrogen (secondary N) is 1. The van der Waals surface area contributed by atoms with Crippen molar-refractivity contribution in [3.05, 3.63) is 12.0 Å². The van der Waals surface area contributed by atoms with Gasteiger partial charge in [-0.2, -0.15) is 16.1 Å². The lowest BCUT2D eigenvalue weighted by Crippen LogP contribution is -2.35. The van der Waals surface area contributed by atoms with Gasteiger partial charge in [0, 0.05) is 19.0 Å². The Balaban J connectivity index is 2.89. The summed E-state index contributed by atoms with van der Waals surface area (Å²) in [4.78, 5) is 7.02. The lowest BCUT2D eigenvalue weighted by atomic mass is 10.2. The first-order chi connectivity index (χ1) is 8.80. The molecule has 1 aromatic heterocycles. The van der Waals surface area contributed by atoms with Crippen molar-refractivity contribution in [2.75, 3.05) is 19.1 Å². The fourth-order valence-electron chi connectivity index (χ4n) is 1.61. The molecule has 1 aromatic rings. The predicted molar refractivity (Wildman–Crippen MR) is 80.1 cm³/mol. The molecule has 1 N–H and O–H groups in total. The van der Waals surface area contributed by atoms with Gasteiger partial charge in [0.1, 0.15) is 5.82 Å². The Morgan fingerprint density at radius 2 is 2.05 bits per heavy atom. The molecule has 1 atom stereocenters. The summed E-state index contributed by atoms with van der Waals surface area (Å²) in [5, 5.41) is 0.176. The van der Waals surface area contributed by atoms with E-state index in [9.17, 15) is 8.42 Å². The number of thioether (sulfide) groups is 1. The molecule has 0 aliphatic heterocycles. The van der Waals surface area contributed by atoms with E-state index in [-0.39, 0.29) is 17.0 Å². The van der Waals surface area contributed by atoms with Gasteiger partial charge in [0.2, 0.25) is 0 Å². The second-order valence-electron chi connectivity index (χ2n) is 4.94. The van der Waals surface area contributed by atoms with Crippen LogP contribution in [-0.2, 0) is 10.0 Å². The van der Waals surface area contributed by atoms with Crippen molar-refractivity contribution >= 4 is 21.8 Å². The second-order valence-corrected chi connectivity index (χ2v) is 7.89. The highest BCUT2D eigenvalue weighted by Crippen LogP contribution is 2.19. The first-order valence-electron chi connectivity index (χ1n) is 6.32. The maximum absolute atomic E-state index is 12.4. The molecule has 0 saturated heterocycles. The van der Waals surface area contributed by atoms with E-state index in [2.05, 4.69) is 9.97 Å². The van der Waals surface area contributed by atoms with Gasteiger partial charge in [-0.15, -0.1) is 0 Å². The third-order valence-electron chi connectivity index (χ3n) is 3.14. The van der Waals surface area contributed by atoms with E-state index >= 15 is 0 Å². The zero-order valence-electron chi connectivity index (χ0n) is 12.2. The van der Waals surface area contributed by atoms with Crippen molar-refractivity contribution in [3.8, 4) is 0 Å². The van der Waals surface area contributed by atoms with E-state index in [1.165, 1.54) is 10.5 Å². The Morgan fingerprint density at radius 1 is 1.42 bits per heavy atom. The van der Waals surface area contributed by atoms with Crippen LogP contribution in [0.5, 0.6) is 0 Å². The number of nitrogens with zero attached hydrogens (tertiary/aromatic N) is 2. The summed E-state index contributed by atoms with van der Waals surface area (Å²) in [6.45, 7) is 5.87. The topological polar surface area (TPSA) is 66.1 Å². The van der Waals surface area contributed by atoms with Crippen LogP contribution in [0.25, 0.3) is 0 Å². The number of hydrogen-bond donors (Lipinski definition) is 1. The van der Waals surface area contributed by atoms with Crippen LogP contribution in [0.15, 0.2) is 11.2 Å². The summed E-state index contributed by atoms with van der Waals surface area (Å²) >= 11 is 1.72. The zero-order valence-corrected chi connectivity index (χ0v) is 13.8. The highest BCUT2D eigenvalue weighted by Gasteiger charge is 2.27. The molecule has 0 spiro atoms.